The SMILES string of the molecule is COC(=O)C(C(C)C)n1c(CCCl)nc2cc(Br)ccc21. The smallest absolute Gasteiger partial charge is 0.329 e. The lowest BCUT2D eigenvalue weighted by Crippen LogP contribution is -2.27. The minimum atomic E-state index is -0.403. The highest BCUT2D eigenvalue weighted by Gasteiger charge is 2.29. The van der Waals surface area contributed by atoms with Crippen molar-refractivity contribution in [1.82, 2.24) is 9.55 Å². The quantitative estimate of drug-likeness (QED) is 0.589. The molecule has 0 aliphatic heterocycles. The summed E-state index contributed by atoms with van der Waals surface area (Å²) in [6.45, 7) is 3.99. The highest BCUT2D eigenvalue weighted by atomic mass is 79.9. The number of imidazole rings is 1. The number of alkyl halides is 1. The molecule has 114 valence electrons. The summed E-state index contributed by atoms with van der Waals surface area (Å²) >= 11 is 9.33. The Bertz CT molecular complexity index is 654. The number of esters is 1. The summed E-state index contributed by atoms with van der Waals surface area (Å²) in [5.41, 5.74) is 1.77. The van der Waals surface area contributed by atoms with E-state index in [0.29, 0.717) is 12.3 Å². The number of halogens is 2. The number of hydrogen-bond donors (Lipinski definition) is 0. The van der Waals surface area contributed by atoms with E-state index in [1.807, 2.05) is 36.6 Å². The number of aromatic nitrogens is 2. The first-order valence-corrected chi connectivity index (χ1v) is 8.12. The van der Waals surface area contributed by atoms with Gasteiger partial charge in [0.1, 0.15) is 11.9 Å². The Kier molecular flexibility index (Phi) is 5.27. The Morgan fingerprint density at radius 2 is 2.19 bits per heavy atom. The molecule has 0 fully saturated rings. The summed E-state index contributed by atoms with van der Waals surface area (Å²) in [5.74, 6) is 1.09. The maximum Gasteiger partial charge on any atom is 0.329 e. The number of fused-ring (bicyclic) bond motifs is 1. The van der Waals surface area contributed by atoms with Crippen molar-refractivity contribution in [1.29, 1.82) is 0 Å². The first kappa shape index (κ1) is 16.3. The van der Waals surface area contributed by atoms with Crippen LogP contribution in [-0.2, 0) is 16.0 Å². The van der Waals surface area contributed by atoms with Crippen molar-refractivity contribution in [3.63, 3.8) is 0 Å². The summed E-state index contributed by atoms with van der Waals surface area (Å²) in [7, 11) is 1.41. The number of nitrogens with zero attached hydrogens (tertiary/aromatic N) is 2. The third kappa shape index (κ3) is 3.24. The fourth-order valence-corrected chi connectivity index (χ4v) is 3.01. The summed E-state index contributed by atoms with van der Waals surface area (Å²) < 4.78 is 7.89. The molecule has 21 heavy (non-hydrogen) atoms. The van der Waals surface area contributed by atoms with Crippen LogP contribution in [0.4, 0.5) is 0 Å². The number of carbonyl (C=O) groups excluding carboxylic acids is 1. The Labute approximate surface area is 137 Å². The van der Waals surface area contributed by atoms with Gasteiger partial charge in [-0.1, -0.05) is 29.8 Å². The van der Waals surface area contributed by atoms with Crippen molar-refractivity contribution in [2.24, 2.45) is 5.92 Å². The van der Waals surface area contributed by atoms with Gasteiger partial charge in [-0.05, 0) is 24.1 Å². The zero-order chi connectivity index (χ0) is 15.6. The van der Waals surface area contributed by atoms with Gasteiger partial charge in [0, 0.05) is 16.8 Å². The summed E-state index contributed by atoms with van der Waals surface area (Å²) in [6.07, 6.45) is 0.605. The van der Waals surface area contributed by atoms with Crippen LogP contribution < -0.4 is 0 Å². The highest BCUT2D eigenvalue weighted by Crippen LogP contribution is 2.29. The minimum absolute atomic E-state index is 0.0903. The summed E-state index contributed by atoms with van der Waals surface area (Å²) in [5, 5.41) is 0. The Balaban J connectivity index is 2.68. The molecule has 0 aliphatic carbocycles. The molecule has 2 aromatic rings. The van der Waals surface area contributed by atoms with E-state index in [2.05, 4.69) is 20.9 Å². The predicted molar refractivity (Wildman–Crippen MR) is 87.7 cm³/mol. The molecule has 0 aliphatic rings. The van der Waals surface area contributed by atoms with Crippen LogP contribution in [-0.4, -0.2) is 28.5 Å². The van der Waals surface area contributed by atoms with Crippen LogP contribution in [0.1, 0.15) is 25.7 Å². The maximum atomic E-state index is 12.2. The molecule has 0 saturated carbocycles. The zero-order valence-corrected chi connectivity index (χ0v) is 14.6. The van der Waals surface area contributed by atoms with Gasteiger partial charge < -0.3 is 9.30 Å². The van der Waals surface area contributed by atoms with Crippen molar-refractivity contribution in [3.05, 3.63) is 28.5 Å². The van der Waals surface area contributed by atoms with Crippen LogP contribution in [0.3, 0.4) is 0 Å². The number of aryl methyl sites for hydroxylation is 1. The number of methoxy groups -OCH3 is 1. The molecule has 4 nitrogen and oxygen atoms in total. The Hall–Kier alpha value is -1.07. The lowest BCUT2D eigenvalue weighted by Gasteiger charge is -2.22. The van der Waals surface area contributed by atoms with E-state index in [9.17, 15) is 4.79 Å². The average Bonchev–Trinajstić information content (AvgIpc) is 2.76. The lowest BCUT2D eigenvalue weighted by atomic mass is 10.0. The van der Waals surface area contributed by atoms with E-state index in [4.69, 9.17) is 16.3 Å². The molecule has 0 spiro atoms. The second kappa shape index (κ2) is 6.79. The highest BCUT2D eigenvalue weighted by molar-refractivity contribution is 9.10. The molecule has 0 bridgehead atoms. The zero-order valence-electron chi connectivity index (χ0n) is 12.3. The van der Waals surface area contributed by atoms with Crippen LogP contribution in [0.5, 0.6) is 0 Å². The maximum absolute atomic E-state index is 12.2. The molecule has 0 amide bonds. The predicted octanol–water partition coefficient (Wildman–Crippen LogP) is 3.95. The van der Waals surface area contributed by atoms with E-state index in [-0.39, 0.29) is 11.9 Å². The van der Waals surface area contributed by atoms with Crippen LogP contribution in [0.15, 0.2) is 22.7 Å². The van der Waals surface area contributed by atoms with Crippen molar-refractivity contribution in [2.75, 3.05) is 13.0 Å². The number of rotatable bonds is 5. The normalized spacial score (nSPS) is 12.9. The molecule has 0 radical (unpaired) electrons. The van der Waals surface area contributed by atoms with Crippen molar-refractivity contribution in [3.8, 4) is 0 Å². The summed E-state index contributed by atoms with van der Waals surface area (Å²) in [6, 6.07) is 5.44. The third-order valence-corrected chi connectivity index (χ3v) is 4.08. The van der Waals surface area contributed by atoms with Crippen LogP contribution >= 0.6 is 27.5 Å². The van der Waals surface area contributed by atoms with Gasteiger partial charge in [-0.25, -0.2) is 9.78 Å². The first-order valence-electron chi connectivity index (χ1n) is 6.79. The topological polar surface area (TPSA) is 44.1 Å². The van der Waals surface area contributed by atoms with Gasteiger partial charge in [0.15, 0.2) is 0 Å². The van der Waals surface area contributed by atoms with Crippen molar-refractivity contribution in [2.45, 2.75) is 26.3 Å². The van der Waals surface area contributed by atoms with Crippen LogP contribution in [0.25, 0.3) is 11.0 Å². The van der Waals surface area contributed by atoms with Gasteiger partial charge in [-0.3, -0.25) is 0 Å². The Morgan fingerprint density at radius 3 is 2.76 bits per heavy atom. The van der Waals surface area contributed by atoms with Gasteiger partial charge in [-0.2, -0.15) is 0 Å². The molecule has 1 atom stereocenters. The number of hydrogen-bond acceptors (Lipinski definition) is 3. The van der Waals surface area contributed by atoms with Gasteiger partial charge in [-0.15, -0.1) is 11.6 Å². The molecule has 6 heteroatoms. The largest absolute Gasteiger partial charge is 0.467 e. The van der Waals surface area contributed by atoms with Gasteiger partial charge >= 0.3 is 5.97 Å². The van der Waals surface area contributed by atoms with E-state index in [1.54, 1.807) is 0 Å². The summed E-state index contributed by atoms with van der Waals surface area (Å²) in [4.78, 5) is 16.8. The van der Waals surface area contributed by atoms with Crippen molar-refractivity contribution >= 4 is 44.5 Å². The average molecular weight is 374 g/mol. The number of ether oxygens (including phenoxy) is 1. The van der Waals surface area contributed by atoms with E-state index in [0.717, 1.165) is 21.3 Å². The van der Waals surface area contributed by atoms with Crippen LogP contribution in [0.2, 0.25) is 0 Å². The van der Waals surface area contributed by atoms with E-state index in [1.165, 1.54) is 7.11 Å². The van der Waals surface area contributed by atoms with Gasteiger partial charge in [0.05, 0.1) is 18.1 Å². The molecule has 1 unspecified atom stereocenters. The van der Waals surface area contributed by atoms with E-state index >= 15 is 0 Å². The lowest BCUT2D eigenvalue weighted by molar-refractivity contribution is -0.145. The molecule has 0 N–H and O–H groups in total. The fraction of sp³-hybridized carbons (Fsp3) is 0.467. The Morgan fingerprint density at radius 1 is 1.48 bits per heavy atom. The van der Waals surface area contributed by atoms with Gasteiger partial charge in [0.25, 0.3) is 0 Å². The molecular weight excluding hydrogens is 356 g/mol. The molecule has 1 aromatic carbocycles. The molecular formula is C15H18BrClN2O2. The van der Waals surface area contributed by atoms with E-state index < -0.39 is 6.04 Å². The molecule has 1 heterocycles. The number of benzene rings is 1. The minimum Gasteiger partial charge on any atom is -0.467 e. The first-order chi connectivity index (χ1) is 9.99. The van der Waals surface area contributed by atoms with Crippen molar-refractivity contribution < 1.29 is 9.53 Å². The standard InChI is InChI=1S/C15H18BrClN2O2/c1-9(2)14(15(20)21-3)19-12-5-4-10(16)8-11(12)18-13(19)6-7-17/h4-5,8-9,14H,6-7H2,1-3H3. The molecule has 1 aromatic heterocycles. The second-order valence-electron chi connectivity index (χ2n) is 5.18. The fourth-order valence-electron chi connectivity index (χ4n) is 2.49. The second-order valence-corrected chi connectivity index (χ2v) is 6.48. The molecule has 0 saturated heterocycles. The third-order valence-electron chi connectivity index (χ3n) is 3.40. The van der Waals surface area contributed by atoms with Gasteiger partial charge in [0.2, 0.25) is 0 Å². The molecule has 2 rings (SSSR count). The number of carbonyl (C=O) groups is 1. The monoisotopic (exact) mass is 372 g/mol. The van der Waals surface area contributed by atoms with Crippen LogP contribution in [0, 0.1) is 5.92 Å².